The minimum atomic E-state index is -3.50. The molecule has 0 atom stereocenters. The molecule has 29 heavy (non-hydrogen) atoms. The number of likely N-dealkylation sites (tertiary alicyclic amines) is 1. The maximum absolute atomic E-state index is 12.8. The van der Waals surface area contributed by atoms with Gasteiger partial charge in [0.2, 0.25) is 5.91 Å². The van der Waals surface area contributed by atoms with Crippen molar-refractivity contribution in [3.05, 3.63) is 29.8 Å². The summed E-state index contributed by atoms with van der Waals surface area (Å²) in [5.41, 5.74) is 1.87. The Balaban J connectivity index is 0.00000210. The molecule has 1 aromatic carbocycles. The Morgan fingerprint density at radius 2 is 1.59 bits per heavy atom. The molecule has 0 aromatic heterocycles. The van der Waals surface area contributed by atoms with Crippen molar-refractivity contribution < 1.29 is 13.2 Å². The SMILES string of the molecule is CS(=O)(=O)C1(C(=O)Nc2ccc(CN3CCCCCC3)cc2)CCNCC1.Cl.Cl. The fourth-order valence-corrected chi connectivity index (χ4v) is 5.42. The van der Waals surface area contributed by atoms with Crippen molar-refractivity contribution in [2.75, 3.05) is 37.8 Å². The number of benzene rings is 1. The van der Waals surface area contributed by atoms with Crippen LogP contribution in [-0.2, 0) is 21.2 Å². The number of amides is 1. The fraction of sp³-hybridized carbons (Fsp3) is 0.650. The molecule has 0 saturated carbocycles. The molecule has 0 unspecified atom stereocenters. The first-order valence-corrected chi connectivity index (χ1v) is 11.8. The Labute approximate surface area is 186 Å². The van der Waals surface area contributed by atoms with Crippen LogP contribution >= 0.6 is 24.8 Å². The van der Waals surface area contributed by atoms with Gasteiger partial charge in [0.15, 0.2) is 14.6 Å². The average molecular weight is 466 g/mol. The zero-order valence-electron chi connectivity index (χ0n) is 17.0. The normalized spacial score (nSPS) is 19.9. The quantitative estimate of drug-likeness (QED) is 0.698. The number of halogens is 2. The summed E-state index contributed by atoms with van der Waals surface area (Å²) in [4.78, 5) is 15.3. The first-order valence-electron chi connectivity index (χ1n) is 9.94. The molecule has 2 saturated heterocycles. The Bertz CT molecular complexity index is 743. The van der Waals surface area contributed by atoms with Crippen LogP contribution in [0.3, 0.4) is 0 Å². The number of nitrogens with one attached hydrogen (secondary N) is 2. The highest BCUT2D eigenvalue weighted by molar-refractivity contribution is 7.92. The van der Waals surface area contributed by atoms with Gasteiger partial charge in [-0.1, -0.05) is 25.0 Å². The predicted molar refractivity (Wildman–Crippen MR) is 123 cm³/mol. The topological polar surface area (TPSA) is 78.5 Å². The van der Waals surface area contributed by atoms with Crippen molar-refractivity contribution in [2.24, 2.45) is 0 Å². The van der Waals surface area contributed by atoms with Crippen LogP contribution in [0.5, 0.6) is 0 Å². The number of carbonyl (C=O) groups is 1. The lowest BCUT2D eigenvalue weighted by Gasteiger charge is -2.34. The summed E-state index contributed by atoms with van der Waals surface area (Å²) in [5.74, 6) is -0.410. The fourth-order valence-electron chi connectivity index (χ4n) is 4.09. The van der Waals surface area contributed by atoms with E-state index in [2.05, 4.69) is 15.5 Å². The number of nitrogens with zero attached hydrogens (tertiary/aromatic N) is 1. The first-order chi connectivity index (χ1) is 12.9. The molecule has 0 aliphatic carbocycles. The van der Waals surface area contributed by atoms with Crippen LogP contribution in [0.1, 0.15) is 44.1 Å². The summed E-state index contributed by atoms with van der Waals surface area (Å²) in [7, 11) is -3.50. The van der Waals surface area contributed by atoms with Gasteiger partial charge in [-0.15, -0.1) is 24.8 Å². The number of hydrogen-bond donors (Lipinski definition) is 2. The van der Waals surface area contributed by atoms with E-state index in [1.165, 1.54) is 37.5 Å². The summed E-state index contributed by atoms with van der Waals surface area (Å²) in [6.45, 7) is 4.28. The van der Waals surface area contributed by atoms with E-state index in [-0.39, 0.29) is 24.8 Å². The largest absolute Gasteiger partial charge is 0.325 e. The van der Waals surface area contributed by atoms with Crippen molar-refractivity contribution in [3.63, 3.8) is 0 Å². The Kier molecular flexibility index (Phi) is 10.4. The molecule has 1 amide bonds. The molecule has 2 heterocycles. The third-order valence-corrected chi connectivity index (χ3v) is 7.86. The van der Waals surface area contributed by atoms with Crippen molar-refractivity contribution in [1.82, 2.24) is 10.2 Å². The molecular weight excluding hydrogens is 433 g/mol. The highest BCUT2D eigenvalue weighted by Gasteiger charge is 2.48. The molecule has 2 aliphatic rings. The van der Waals surface area contributed by atoms with Crippen LogP contribution in [0, 0.1) is 0 Å². The van der Waals surface area contributed by atoms with Crippen LogP contribution < -0.4 is 10.6 Å². The van der Waals surface area contributed by atoms with E-state index < -0.39 is 20.5 Å². The zero-order valence-corrected chi connectivity index (χ0v) is 19.4. The zero-order chi connectivity index (χ0) is 19.3. The molecule has 2 aliphatic heterocycles. The van der Waals surface area contributed by atoms with Gasteiger partial charge < -0.3 is 10.6 Å². The summed E-state index contributed by atoms with van der Waals surface area (Å²) < 4.78 is 23.4. The summed E-state index contributed by atoms with van der Waals surface area (Å²) >= 11 is 0. The smallest absolute Gasteiger partial charge is 0.245 e. The lowest BCUT2D eigenvalue weighted by molar-refractivity contribution is -0.119. The molecule has 9 heteroatoms. The number of rotatable bonds is 5. The van der Waals surface area contributed by atoms with E-state index in [1.54, 1.807) is 0 Å². The Morgan fingerprint density at radius 3 is 2.10 bits per heavy atom. The third kappa shape index (κ3) is 6.56. The first kappa shape index (κ1) is 26.2. The van der Waals surface area contributed by atoms with E-state index >= 15 is 0 Å². The Hall–Kier alpha value is -0.860. The van der Waals surface area contributed by atoms with Gasteiger partial charge in [-0.2, -0.15) is 0 Å². The number of anilines is 1. The molecule has 166 valence electrons. The minimum absolute atomic E-state index is 0. The van der Waals surface area contributed by atoms with E-state index in [0.717, 1.165) is 19.6 Å². The third-order valence-electron chi connectivity index (χ3n) is 5.85. The van der Waals surface area contributed by atoms with Gasteiger partial charge in [0.25, 0.3) is 0 Å². The average Bonchev–Trinajstić information content (AvgIpc) is 2.91. The van der Waals surface area contributed by atoms with E-state index in [0.29, 0.717) is 31.6 Å². The molecule has 2 N–H and O–H groups in total. The number of piperidine rings is 1. The molecule has 0 spiro atoms. The van der Waals surface area contributed by atoms with Crippen molar-refractivity contribution in [1.29, 1.82) is 0 Å². The van der Waals surface area contributed by atoms with Gasteiger partial charge in [-0.25, -0.2) is 8.42 Å². The summed E-state index contributed by atoms with van der Waals surface area (Å²) in [6.07, 6.45) is 6.95. The predicted octanol–water partition coefficient (Wildman–Crippen LogP) is 3.01. The number of hydrogen-bond acceptors (Lipinski definition) is 5. The molecular formula is C20H33Cl2N3O3S. The molecule has 3 rings (SSSR count). The van der Waals surface area contributed by atoms with E-state index in [4.69, 9.17) is 0 Å². The molecule has 0 bridgehead atoms. The van der Waals surface area contributed by atoms with Crippen molar-refractivity contribution in [3.8, 4) is 0 Å². The van der Waals surface area contributed by atoms with Gasteiger partial charge >= 0.3 is 0 Å². The van der Waals surface area contributed by atoms with Crippen LogP contribution in [0.2, 0.25) is 0 Å². The van der Waals surface area contributed by atoms with Gasteiger partial charge in [-0.3, -0.25) is 9.69 Å². The molecule has 0 radical (unpaired) electrons. The maximum Gasteiger partial charge on any atom is 0.245 e. The van der Waals surface area contributed by atoms with Gasteiger partial charge in [-0.05, 0) is 69.6 Å². The molecule has 6 nitrogen and oxygen atoms in total. The van der Waals surface area contributed by atoms with Crippen molar-refractivity contribution in [2.45, 2.75) is 49.8 Å². The van der Waals surface area contributed by atoms with Crippen LogP contribution in [-0.4, -0.2) is 56.4 Å². The lowest BCUT2D eigenvalue weighted by Crippen LogP contribution is -2.55. The second-order valence-electron chi connectivity index (χ2n) is 7.86. The van der Waals surface area contributed by atoms with Crippen LogP contribution in [0.15, 0.2) is 24.3 Å². The van der Waals surface area contributed by atoms with Gasteiger partial charge in [0.1, 0.15) is 0 Å². The Morgan fingerprint density at radius 1 is 1.03 bits per heavy atom. The molecule has 1 aromatic rings. The standard InChI is InChI=1S/C20H31N3O3S.2ClH/c1-27(25,26)20(10-12-21-13-11-20)19(24)22-18-8-6-17(7-9-18)16-23-14-4-2-3-5-15-23;;/h6-9,21H,2-5,10-16H2,1H3,(H,22,24);2*1H. The highest BCUT2D eigenvalue weighted by atomic mass is 35.5. The second-order valence-corrected chi connectivity index (χ2v) is 10.2. The van der Waals surface area contributed by atoms with Crippen molar-refractivity contribution >= 4 is 46.2 Å². The molecule has 2 fully saturated rings. The van der Waals surface area contributed by atoms with E-state index in [9.17, 15) is 13.2 Å². The monoisotopic (exact) mass is 465 g/mol. The van der Waals surface area contributed by atoms with E-state index in [1.807, 2.05) is 24.3 Å². The van der Waals surface area contributed by atoms with Crippen LogP contribution in [0.4, 0.5) is 5.69 Å². The number of carbonyl (C=O) groups excluding carboxylic acids is 1. The van der Waals surface area contributed by atoms with Crippen LogP contribution in [0.25, 0.3) is 0 Å². The van der Waals surface area contributed by atoms with Gasteiger partial charge in [0, 0.05) is 18.5 Å². The summed E-state index contributed by atoms with van der Waals surface area (Å²) in [5, 5.41) is 5.97. The highest BCUT2D eigenvalue weighted by Crippen LogP contribution is 2.29. The lowest BCUT2D eigenvalue weighted by atomic mass is 9.95. The second kappa shape index (κ2) is 11.5. The van der Waals surface area contributed by atoms with Gasteiger partial charge in [0.05, 0.1) is 0 Å². The maximum atomic E-state index is 12.8. The minimum Gasteiger partial charge on any atom is -0.325 e. The number of sulfone groups is 1. The summed E-state index contributed by atoms with van der Waals surface area (Å²) in [6, 6.07) is 7.80.